The molecule has 1 amide bonds. The fourth-order valence-electron chi connectivity index (χ4n) is 2.23. The van der Waals surface area contributed by atoms with Crippen molar-refractivity contribution in [1.29, 1.82) is 0 Å². The van der Waals surface area contributed by atoms with Gasteiger partial charge in [-0.05, 0) is 37.1 Å². The monoisotopic (exact) mass is 309 g/mol. The van der Waals surface area contributed by atoms with Gasteiger partial charge in [0.25, 0.3) is 5.91 Å². The van der Waals surface area contributed by atoms with Gasteiger partial charge in [-0.2, -0.15) is 0 Å². The van der Waals surface area contributed by atoms with Gasteiger partial charge in [-0.15, -0.1) is 0 Å². The minimum absolute atomic E-state index is 0.0241. The third kappa shape index (κ3) is 3.50. The molecule has 0 heterocycles. The summed E-state index contributed by atoms with van der Waals surface area (Å²) in [6, 6.07) is 6.32. The average molecular weight is 309 g/mol. The lowest BCUT2D eigenvalue weighted by Crippen LogP contribution is -2.49. The zero-order valence-corrected chi connectivity index (χ0v) is 12.9. The predicted molar refractivity (Wildman–Crippen MR) is 79.6 cm³/mol. The van der Waals surface area contributed by atoms with E-state index in [2.05, 4.69) is 5.32 Å². The van der Waals surface area contributed by atoms with Crippen LogP contribution in [0.25, 0.3) is 0 Å². The first-order valence-corrected chi connectivity index (χ1v) is 8.15. The second-order valence-corrected chi connectivity index (χ2v) is 7.48. The van der Waals surface area contributed by atoms with Gasteiger partial charge in [0.1, 0.15) is 0 Å². The van der Waals surface area contributed by atoms with Crippen LogP contribution in [0.15, 0.2) is 29.2 Å². The van der Waals surface area contributed by atoms with Crippen molar-refractivity contribution in [1.82, 2.24) is 5.32 Å². The number of hydrogen-bond donors (Lipinski definition) is 2. The quantitative estimate of drug-likeness (QED) is 0.868. The molecule has 6 heteroatoms. The summed E-state index contributed by atoms with van der Waals surface area (Å²) in [5, 5.41) is 11.7. The van der Waals surface area contributed by atoms with Gasteiger partial charge < -0.3 is 10.4 Å². The second kappa shape index (κ2) is 6.39. The Morgan fingerprint density at radius 3 is 2.29 bits per heavy atom. The number of carbonyl (C=O) groups excluding carboxylic acids is 1. The normalized spacial score (nSPS) is 22.4. The number of benzene rings is 1. The summed E-state index contributed by atoms with van der Waals surface area (Å²) >= 11 is 0. The van der Waals surface area contributed by atoms with Crippen LogP contribution in [0.1, 0.15) is 37.0 Å². The molecule has 0 aromatic heterocycles. The van der Waals surface area contributed by atoms with E-state index in [1.807, 2.05) is 13.8 Å². The van der Waals surface area contributed by atoms with Gasteiger partial charge >= 0.3 is 5.97 Å². The maximum atomic E-state index is 12.1. The highest BCUT2D eigenvalue weighted by molar-refractivity contribution is 7.85. The number of carboxylic acids is 1. The number of nitrogens with one attached hydrogen (secondary N) is 1. The van der Waals surface area contributed by atoms with Crippen molar-refractivity contribution >= 4 is 22.7 Å². The fraction of sp³-hybridized carbons (Fsp3) is 0.467. The van der Waals surface area contributed by atoms with Gasteiger partial charge in [0.2, 0.25) is 0 Å². The first-order valence-electron chi connectivity index (χ1n) is 6.94. The molecule has 2 N–H and O–H groups in total. The van der Waals surface area contributed by atoms with Crippen molar-refractivity contribution in [2.24, 2.45) is 5.92 Å². The molecule has 1 aromatic carbocycles. The first kappa shape index (κ1) is 15.7. The van der Waals surface area contributed by atoms with E-state index in [4.69, 9.17) is 5.11 Å². The number of carbonyl (C=O) groups is 2. The van der Waals surface area contributed by atoms with Crippen LogP contribution >= 0.6 is 0 Å². The molecule has 2 rings (SSSR count). The summed E-state index contributed by atoms with van der Waals surface area (Å²) in [6.07, 6.45) is 1.30. The first-order chi connectivity index (χ1) is 9.90. The Morgan fingerprint density at radius 2 is 1.86 bits per heavy atom. The van der Waals surface area contributed by atoms with Crippen molar-refractivity contribution in [3.63, 3.8) is 0 Å². The average Bonchev–Trinajstić information content (AvgIpc) is 2.41. The largest absolute Gasteiger partial charge is 0.481 e. The van der Waals surface area contributed by atoms with E-state index in [0.717, 1.165) is 0 Å². The van der Waals surface area contributed by atoms with Crippen molar-refractivity contribution in [2.75, 3.05) is 0 Å². The minimum atomic E-state index is -1.08. The van der Waals surface area contributed by atoms with Crippen molar-refractivity contribution < 1.29 is 18.9 Å². The molecule has 114 valence electrons. The number of carboxylic acid groups (broad SMARTS) is 1. The Kier molecular flexibility index (Phi) is 4.77. The van der Waals surface area contributed by atoms with Gasteiger partial charge in [0.15, 0.2) is 0 Å². The lowest BCUT2D eigenvalue weighted by molar-refractivity contribution is -0.145. The van der Waals surface area contributed by atoms with Crippen molar-refractivity contribution in [3.8, 4) is 0 Å². The van der Waals surface area contributed by atoms with Gasteiger partial charge in [-0.3, -0.25) is 13.8 Å². The molecule has 0 radical (unpaired) electrons. The third-order valence-corrected chi connectivity index (χ3v) is 5.28. The molecule has 21 heavy (non-hydrogen) atoms. The molecule has 1 aliphatic rings. The van der Waals surface area contributed by atoms with Crippen LogP contribution in [-0.4, -0.2) is 32.5 Å². The third-order valence-electron chi connectivity index (χ3n) is 3.69. The zero-order valence-electron chi connectivity index (χ0n) is 12.0. The Bertz CT molecular complexity index is 568. The highest BCUT2D eigenvalue weighted by Gasteiger charge is 2.37. The lowest BCUT2D eigenvalue weighted by atomic mass is 9.79. The maximum absolute atomic E-state index is 12.1. The molecule has 0 bridgehead atoms. The van der Waals surface area contributed by atoms with E-state index in [1.54, 1.807) is 24.3 Å². The Labute approximate surface area is 126 Å². The maximum Gasteiger partial charge on any atom is 0.308 e. The summed E-state index contributed by atoms with van der Waals surface area (Å²) < 4.78 is 11.9. The van der Waals surface area contributed by atoms with E-state index in [1.165, 1.54) is 0 Å². The molecule has 5 nitrogen and oxygen atoms in total. The molecule has 3 atom stereocenters. The van der Waals surface area contributed by atoms with Crippen molar-refractivity contribution in [2.45, 2.75) is 42.9 Å². The van der Waals surface area contributed by atoms with E-state index in [9.17, 15) is 13.8 Å². The minimum Gasteiger partial charge on any atom is -0.481 e. The summed E-state index contributed by atoms with van der Waals surface area (Å²) in [5.74, 6) is -1.64. The summed E-state index contributed by atoms with van der Waals surface area (Å²) in [7, 11) is -1.08. The van der Waals surface area contributed by atoms with E-state index >= 15 is 0 Å². The molecule has 0 aliphatic heterocycles. The summed E-state index contributed by atoms with van der Waals surface area (Å²) in [4.78, 5) is 23.6. The highest BCUT2D eigenvalue weighted by atomic mass is 32.2. The molecule has 1 unspecified atom stereocenters. The highest BCUT2D eigenvalue weighted by Crippen LogP contribution is 2.27. The predicted octanol–water partition coefficient (Wildman–Crippen LogP) is 1.80. The van der Waals surface area contributed by atoms with Gasteiger partial charge in [0, 0.05) is 21.8 Å². The number of rotatable bonds is 5. The van der Waals surface area contributed by atoms with Crippen LogP contribution in [0, 0.1) is 5.92 Å². The van der Waals surface area contributed by atoms with Crippen LogP contribution in [-0.2, 0) is 15.6 Å². The SMILES string of the molecule is CC(C)S(=O)c1ccc(C(=O)N[C@@H]2CC[C@@H]2C(=O)O)cc1. The molecular weight excluding hydrogens is 290 g/mol. The van der Waals surface area contributed by atoms with Crippen LogP contribution in [0.3, 0.4) is 0 Å². The second-order valence-electron chi connectivity index (χ2n) is 5.47. The van der Waals surface area contributed by atoms with Gasteiger partial charge in [0.05, 0.1) is 16.7 Å². The number of amides is 1. The van der Waals surface area contributed by atoms with Crippen molar-refractivity contribution in [3.05, 3.63) is 29.8 Å². The molecule has 0 spiro atoms. The summed E-state index contributed by atoms with van der Waals surface area (Å²) in [6.45, 7) is 3.75. The number of hydrogen-bond acceptors (Lipinski definition) is 3. The smallest absolute Gasteiger partial charge is 0.308 e. The fourth-order valence-corrected chi connectivity index (χ4v) is 3.18. The van der Waals surface area contributed by atoms with E-state index in [0.29, 0.717) is 23.3 Å². The van der Waals surface area contributed by atoms with Crippen LogP contribution in [0.2, 0.25) is 0 Å². The topological polar surface area (TPSA) is 83.5 Å². The summed E-state index contributed by atoms with van der Waals surface area (Å²) in [5.41, 5.74) is 0.454. The standard InChI is InChI=1S/C15H19NO4S/c1-9(2)21(20)11-5-3-10(4-6-11)14(17)16-13-8-7-12(13)15(18)19/h3-6,9,12-13H,7-8H2,1-2H3,(H,16,17)(H,18,19)/t12-,13+,21?/m0/s1. The zero-order chi connectivity index (χ0) is 15.6. The van der Waals surface area contributed by atoms with Gasteiger partial charge in [-0.1, -0.05) is 13.8 Å². The molecule has 1 fully saturated rings. The van der Waals surface area contributed by atoms with E-state index < -0.39 is 22.7 Å². The van der Waals surface area contributed by atoms with Crippen LogP contribution in [0.4, 0.5) is 0 Å². The molecule has 0 saturated heterocycles. The van der Waals surface area contributed by atoms with Gasteiger partial charge in [-0.25, -0.2) is 0 Å². The lowest BCUT2D eigenvalue weighted by Gasteiger charge is -2.33. The van der Waals surface area contributed by atoms with Crippen LogP contribution in [0.5, 0.6) is 0 Å². The molecular formula is C15H19NO4S. The molecule has 1 saturated carbocycles. The molecule has 1 aliphatic carbocycles. The van der Waals surface area contributed by atoms with E-state index in [-0.39, 0.29) is 17.2 Å². The Morgan fingerprint density at radius 1 is 1.24 bits per heavy atom. The number of aliphatic carboxylic acids is 1. The molecule has 1 aromatic rings. The van der Waals surface area contributed by atoms with Crippen LogP contribution < -0.4 is 5.32 Å². The Hall–Kier alpha value is -1.69. The Balaban J connectivity index is 2.00.